The van der Waals surface area contributed by atoms with Crippen molar-refractivity contribution < 1.29 is 18.0 Å². The lowest BCUT2D eigenvalue weighted by Crippen LogP contribution is -2.55. The van der Waals surface area contributed by atoms with Crippen molar-refractivity contribution in [3.8, 4) is 0 Å². The van der Waals surface area contributed by atoms with Crippen LogP contribution < -0.4 is 9.62 Å². The highest BCUT2D eigenvalue weighted by Gasteiger charge is 2.34. The van der Waals surface area contributed by atoms with Gasteiger partial charge in [0, 0.05) is 24.0 Å². The lowest BCUT2D eigenvalue weighted by molar-refractivity contribution is -0.140. The summed E-state index contributed by atoms with van der Waals surface area (Å²) < 4.78 is 26.9. The van der Waals surface area contributed by atoms with Crippen LogP contribution in [0.25, 0.3) is 0 Å². The van der Waals surface area contributed by atoms with E-state index in [9.17, 15) is 18.0 Å². The molecule has 0 spiro atoms. The zero-order chi connectivity index (χ0) is 29.4. The van der Waals surface area contributed by atoms with E-state index in [0.29, 0.717) is 16.3 Å². The molecule has 0 heterocycles. The van der Waals surface area contributed by atoms with Crippen LogP contribution in [-0.4, -0.2) is 50.0 Å². The predicted molar refractivity (Wildman–Crippen MR) is 164 cm³/mol. The van der Waals surface area contributed by atoms with Crippen LogP contribution in [-0.2, 0) is 32.6 Å². The summed E-state index contributed by atoms with van der Waals surface area (Å²) in [5.41, 5.74) is 2.92. The first-order valence-electron chi connectivity index (χ1n) is 14.0. The van der Waals surface area contributed by atoms with Crippen LogP contribution in [0.2, 0.25) is 5.02 Å². The summed E-state index contributed by atoms with van der Waals surface area (Å²) in [7, 11) is -3.81. The molecular weight excluding hydrogens is 558 g/mol. The van der Waals surface area contributed by atoms with Crippen molar-refractivity contribution in [3.63, 3.8) is 0 Å². The fourth-order valence-corrected chi connectivity index (χ4v) is 6.28. The van der Waals surface area contributed by atoms with Gasteiger partial charge < -0.3 is 10.2 Å². The number of benzene rings is 3. The van der Waals surface area contributed by atoms with Crippen LogP contribution in [0.4, 0.5) is 5.69 Å². The molecule has 1 aliphatic rings. The van der Waals surface area contributed by atoms with Crippen molar-refractivity contribution in [1.29, 1.82) is 0 Å². The lowest BCUT2D eigenvalue weighted by atomic mass is 9.94. The fourth-order valence-electron chi connectivity index (χ4n) is 5.23. The Kier molecular flexibility index (Phi) is 10.5. The molecule has 41 heavy (non-hydrogen) atoms. The van der Waals surface area contributed by atoms with Gasteiger partial charge in [-0.25, -0.2) is 8.42 Å². The van der Waals surface area contributed by atoms with E-state index in [-0.39, 0.29) is 24.9 Å². The van der Waals surface area contributed by atoms with Gasteiger partial charge in [0.15, 0.2) is 0 Å². The van der Waals surface area contributed by atoms with Gasteiger partial charge in [-0.1, -0.05) is 97.1 Å². The van der Waals surface area contributed by atoms with Crippen molar-refractivity contribution in [2.45, 2.75) is 64.1 Å². The van der Waals surface area contributed by atoms with Gasteiger partial charge >= 0.3 is 0 Å². The number of hydrogen-bond acceptors (Lipinski definition) is 4. The molecule has 2 amide bonds. The average Bonchev–Trinajstić information content (AvgIpc) is 2.95. The van der Waals surface area contributed by atoms with Gasteiger partial charge in [0.2, 0.25) is 21.8 Å². The second kappa shape index (κ2) is 14.0. The number of amides is 2. The van der Waals surface area contributed by atoms with Crippen LogP contribution in [0.5, 0.6) is 0 Å². The van der Waals surface area contributed by atoms with Crippen LogP contribution in [0, 0.1) is 6.92 Å². The van der Waals surface area contributed by atoms with E-state index >= 15 is 0 Å². The number of rotatable bonds is 11. The minimum absolute atomic E-state index is 0.0480. The average molecular weight is 596 g/mol. The van der Waals surface area contributed by atoms with Gasteiger partial charge in [-0.2, -0.15) is 0 Å². The van der Waals surface area contributed by atoms with E-state index in [1.54, 1.807) is 36.4 Å². The second-order valence-corrected chi connectivity index (χ2v) is 13.1. The Hall–Kier alpha value is -3.36. The maximum Gasteiger partial charge on any atom is 0.244 e. The topological polar surface area (TPSA) is 86.8 Å². The second-order valence-electron chi connectivity index (χ2n) is 10.8. The highest BCUT2D eigenvalue weighted by Crippen LogP contribution is 2.24. The van der Waals surface area contributed by atoms with Crippen molar-refractivity contribution in [3.05, 3.63) is 101 Å². The lowest BCUT2D eigenvalue weighted by Gasteiger charge is -2.35. The molecule has 4 rings (SSSR count). The number of hydrogen-bond donors (Lipinski definition) is 1. The van der Waals surface area contributed by atoms with Crippen LogP contribution in [0.3, 0.4) is 0 Å². The van der Waals surface area contributed by atoms with Crippen molar-refractivity contribution in [2.75, 3.05) is 17.1 Å². The summed E-state index contributed by atoms with van der Waals surface area (Å²) >= 11 is 6.52. The molecule has 3 aromatic rings. The van der Waals surface area contributed by atoms with Crippen molar-refractivity contribution in [1.82, 2.24) is 10.2 Å². The van der Waals surface area contributed by atoms with E-state index in [4.69, 9.17) is 11.6 Å². The number of nitrogens with one attached hydrogen (secondary N) is 1. The summed E-state index contributed by atoms with van der Waals surface area (Å²) in [5.74, 6) is -0.738. The fraction of sp³-hybridized carbons (Fsp3) is 0.375. The number of nitrogens with zero attached hydrogens (tertiary/aromatic N) is 2. The molecule has 1 atom stereocenters. The number of carbonyl (C=O) groups excluding carboxylic acids is 2. The molecule has 1 N–H and O–H groups in total. The van der Waals surface area contributed by atoms with Gasteiger partial charge in [0.1, 0.15) is 12.6 Å². The third kappa shape index (κ3) is 8.57. The van der Waals surface area contributed by atoms with Crippen molar-refractivity contribution in [2.24, 2.45) is 0 Å². The zero-order valence-electron chi connectivity index (χ0n) is 23.6. The van der Waals surface area contributed by atoms with Gasteiger partial charge in [0.25, 0.3) is 0 Å². The van der Waals surface area contributed by atoms with Crippen molar-refractivity contribution >= 4 is 39.1 Å². The molecule has 1 saturated carbocycles. The number of aryl methyl sites for hydroxylation is 1. The Morgan fingerprint density at radius 2 is 1.56 bits per heavy atom. The molecule has 0 saturated heterocycles. The molecule has 0 aromatic heterocycles. The summed E-state index contributed by atoms with van der Waals surface area (Å²) in [6, 6.07) is 22.9. The minimum atomic E-state index is -3.81. The van der Waals surface area contributed by atoms with Crippen LogP contribution in [0.1, 0.15) is 48.8 Å². The van der Waals surface area contributed by atoms with Crippen LogP contribution in [0.15, 0.2) is 78.9 Å². The van der Waals surface area contributed by atoms with Gasteiger partial charge in [-0.3, -0.25) is 13.9 Å². The SMILES string of the molecule is Cc1ccc(N(CC(=O)N(Cc2ccccc2Cl)[C@@H](Cc2ccccc2)C(=O)NC2CCCCC2)S(C)(=O)=O)cc1. The Balaban J connectivity index is 1.72. The first-order valence-corrected chi connectivity index (χ1v) is 16.3. The maximum atomic E-state index is 14.2. The van der Waals surface area contributed by atoms with E-state index in [1.165, 1.54) is 4.90 Å². The first kappa shape index (κ1) is 30.6. The van der Waals surface area contributed by atoms with E-state index < -0.39 is 28.5 Å². The number of anilines is 1. The molecule has 1 aliphatic carbocycles. The molecule has 7 nitrogen and oxygen atoms in total. The van der Waals surface area contributed by atoms with Gasteiger partial charge in [-0.05, 0) is 49.1 Å². The molecule has 1 fully saturated rings. The first-order chi connectivity index (χ1) is 19.6. The Morgan fingerprint density at radius 3 is 2.20 bits per heavy atom. The zero-order valence-corrected chi connectivity index (χ0v) is 25.2. The minimum Gasteiger partial charge on any atom is -0.352 e. The molecular formula is C32H38ClN3O4S. The molecule has 0 bridgehead atoms. The highest BCUT2D eigenvalue weighted by atomic mass is 35.5. The molecule has 0 unspecified atom stereocenters. The summed E-state index contributed by atoms with van der Waals surface area (Å²) in [6.07, 6.45) is 6.41. The summed E-state index contributed by atoms with van der Waals surface area (Å²) in [5, 5.41) is 3.67. The molecule has 3 aromatic carbocycles. The van der Waals surface area contributed by atoms with E-state index in [1.807, 2.05) is 49.4 Å². The number of carbonyl (C=O) groups is 2. The number of sulfonamides is 1. The third-order valence-electron chi connectivity index (χ3n) is 7.52. The Morgan fingerprint density at radius 1 is 0.927 bits per heavy atom. The van der Waals surface area contributed by atoms with Gasteiger partial charge in [0.05, 0.1) is 11.9 Å². The molecule has 218 valence electrons. The largest absolute Gasteiger partial charge is 0.352 e. The quantitative estimate of drug-likeness (QED) is 0.317. The molecule has 0 radical (unpaired) electrons. The summed E-state index contributed by atoms with van der Waals surface area (Å²) in [6.45, 7) is 1.51. The normalized spacial score (nSPS) is 14.7. The smallest absolute Gasteiger partial charge is 0.244 e. The monoisotopic (exact) mass is 595 g/mol. The predicted octanol–water partition coefficient (Wildman–Crippen LogP) is 5.50. The molecule has 9 heteroatoms. The van der Waals surface area contributed by atoms with E-state index in [2.05, 4.69) is 5.32 Å². The maximum absolute atomic E-state index is 14.2. The standard InChI is InChI=1S/C32H38ClN3O4S/c1-24-17-19-28(20-18-24)36(41(2,39)40)23-31(37)35(22-26-13-9-10-16-29(26)33)30(21-25-11-5-3-6-12-25)32(38)34-27-14-7-4-8-15-27/h3,5-6,9-13,16-20,27,30H,4,7-8,14-15,21-23H2,1-2H3,(H,34,38)/t30-/m0/s1. The van der Waals surface area contributed by atoms with E-state index in [0.717, 1.165) is 53.8 Å². The summed E-state index contributed by atoms with van der Waals surface area (Å²) in [4.78, 5) is 29.6. The Bertz CT molecular complexity index is 1420. The highest BCUT2D eigenvalue weighted by molar-refractivity contribution is 7.92. The third-order valence-corrected chi connectivity index (χ3v) is 9.03. The Labute approximate surface area is 248 Å². The van der Waals surface area contributed by atoms with Gasteiger partial charge in [-0.15, -0.1) is 0 Å². The number of halogens is 1. The van der Waals surface area contributed by atoms with Crippen LogP contribution >= 0.6 is 11.6 Å². The molecule has 0 aliphatic heterocycles.